The van der Waals surface area contributed by atoms with Gasteiger partial charge in [0.1, 0.15) is 0 Å². The van der Waals surface area contributed by atoms with Crippen LogP contribution in [0.25, 0.3) is 10.9 Å². The Morgan fingerprint density at radius 1 is 1.27 bits per heavy atom. The molecule has 1 aromatic heterocycles. The zero-order valence-electron chi connectivity index (χ0n) is 9.46. The van der Waals surface area contributed by atoms with Crippen LogP contribution >= 0.6 is 0 Å². The van der Waals surface area contributed by atoms with Crippen molar-refractivity contribution in [1.29, 1.82) is 0 Å². The van der Waals surface area contributed by atoms with E-state index in [-0.39, 0.29) is 0 Å². The van der Waals surface area contributed by atoms with E-state index in [1.165, 1.54) is 22.9 Å². The Morgan fingerprint density at radius 2 is 2.07 bits per heavy atom. The van der Waals surface area contributed by atoms with Crippen molar-refractivity contribution in [2.24, 2.45) is 0 Å². The van der Waals surface area contributed by atoms with Crippen molar-refractivity contribution in [1.82, 2.24) is 9.88 Å². The van der Waals surface area contributed by atoms with E-state index >= 15 is 0 Å². The summed E-state index contributed by atoms with van der Waals surface area (Å²) in [6, 6.07) is 8.60. The average molecular weight is 202 g/mol. The maximum absolute atomic E-state index is 3.18. The van der Waals surface area contributed by atoms with E-state index in [0.29, 0.717) is 0 Å². The quantitative estimate of drug-likeness (QED) is 0.754. The van der Waals surface area contributed by atoms with Crippen LogP contribution in [0.2, 0.25) is 0 Å². The second-order valence-electron chi connectivity index (χ2n) is 3.98. The third kappa shape index (κ3) is 2.05. The highest BCUT2D eigenvalue weighted by atomic mass is 15.0. The first-order chi connectivity index (χ1) is 7.33. The van der Waals surface area contributed by atoms with Crippen molar-refractivity contribution < 1.29 is 0 Å². The van der Waals surface area contributed by atoms with Crippen molar-refractivity contribution in [3.8, 4) is 0 Å². The zero-order chi connectivity index (χ0) is 10.7. The van der Waals surface area contributed by atoms with Crippen LogP contribution in [0.5, 0.6) is 0 Å². The summed E-state index contributed by atoms with van der Waals surface area (Å²) in [5, 5.41) is 4.56. The fraction of sp³-hybridized carbons (Fsp3) is 0.385. The number of nitrogens with zero attached hydrogens (tertiary/aromatic N) is 1. The Hall–Kier alpha value is -1.28. The van der Waals surface area contributed by atoms with E-state index in [2.05, 4.69) is 47.3 Å². The minimum absolute atomic E-state index is 1.07. The minimum atomic E-state index is 1.07. The SMILES string of the molecule is CNCCCn1cc(C)c2ccccc21. The minimum Gasteiger partial charge on any atom is -0.347 e. The number of fused-ring (bicyclic) bond motifs is 1. The Balaban J connectivity index is 2.27. The van der Waals surface area contributed by atoms with E-state index in [1.54, 1.807) is 0 Å². The van der Waals surface area contributed by atoms with E-state index in [0.717, 1.165) is 13.1 Å². The summed E-state index contributed by atoms with van der Waals surface area (Å²) in [5.74, 6) is 0. The van der Waals surface area contributed by atoms with Gasteiger partial charge in [-0.15, -0.1) is 0 Å². The Bertz CT molecular complexity index is 443. The van der Waals surface area contributed by atoms with Gasteiger partial charge in [0.25, 0.3) is 0 Å². The predicted molar refractivity (Wildman–Crippen MR) is 65.2 cm³/mol. The number of hydrogen-bond acceptors (Lipinski definition) is 1. The van der Waals surface area contributed by atoms with Gasteiger partial charge in [-0.25, -0.2) is 0 Å². The van der Waals surface area contributed by atoms with E-state index in [9.17, 15) is 0 Å². The molecule has 0 spiro atoms. The maximum atomic E-state index is 3.18. The molecule has 2 nitrogen and oxygen atoms in total. The molecule has 0 radical (unpaired) electrons. The molecule has 0 amide bonds. The molecule has 15 heavy (non-hydrogen) atoms. The van der Waals surface area contributed by atoms with Crippen molar-refractivity contribution in [2.45, 2.75) is 19.9 Å². The van der Waals surface area contributed by atoms with Gasteiger partial charge in [0.2, 0.25) is 0 Å². The first-order valence-electron chi connectivity index (χ1n) is 5.52. The fourth-order valence-electron chi connectivity index (χ4n) is 2.04. The molecule has 2 aromatic rings. The maximum Gasteiger partial charge on any atom is 0.0483 e. The summed E-state index contributed by atoms with van der Waals surface area (Å²) in [4.78, 5) is 0. The highest BCUT2D eigenvalue weighted by Crippen LogP contribution is 2.20. The lowest BCUT2D eigenvalue weighted by atomic mass is 10.2. The number of benzene rings is 1. The largest absolute Gasteiger partial charge is 0.347 e. The lowest BCUT2D eigenvalue weighted by molar-refractivity contribution is 0.627. The van der Waals surface area contributed by atoms with Gasteiger partial charge in [-0.2, -0.15) is 0 Å². The van der Waals surface area contributed by atoms with Gasteiger partial charge < -0.3 is 9.88 Å². The first-order valence-corrected chi connectivity index (χ1v) is 5.52. The molecule has 0 saturated heterocycles. The standard InChI is InChI=1S/C13H18N2/c1-11-10-15(9-5-8-14-2)13-7-4-3-6-12(11)13/h3-4,6-7,10,14H,5,8-9H2,1-2H3. The third-order valence-electron chi connectivity index (χ3n) is 2.81. The van der Waals surface area contributed by atoms with Gasteiger partial charge >= 0.3 is 0 Å². The molecule has 1 aromatic carbocycles. The van der Waals surface area contributed by atoms with Crippen molar-refractivity contribution in [3.63, 3.8) is 0 Å². The van der Waals surface area contributed by atoms with Gasteiger partial charge in [-0.3, -0.25) is 0 Å². The number of hydrogen-bond donors (Lipinski definition) is 1. The molecule has 0 bridgehead atoms. The van der Waals surface area contributed by atoms with Gasteiger partial charge in [0.05, 0.1) is 0 Å². The summed E-state index contributed by atoms with van der Waals surface area (Å²) in [5.41, 5.74) is 2.72. The zero-order valence-corrected chi connectivity index (χ0v) is 9.46. The lowest BCUT2D eigenvalue weighted by Crippen LogP contribution is -2.10. The second-order valence-corrected chi connectivity index (χ2v) is 3.98. The average Bonchev–Trinajstić information content (AvgIpc) is 2.58. The molecular weight excluding hydrogens is 184 g/mol. The molecule has 80 valence electrons. The monoisotopic (exact) mass is 202 g/mol. The molecule has 0 fully saturated rings. The summed E-state index contributed by atoms with van der Waals surface area (Å²) in [7, 11) is 2.00. The van der Waals surface area contributed by atoms with Crippen molar-refractivity contribution >= 4 is 10.9 Å². The molecule has 0 aliphatic carbocycles. The fourth-order valence-corrected chi connectivity index (χ4v) is 2.04. The molecule has 0 aliphatic rings. The van der Waals surface area contributed by atoms with Gasteiger partial charge in [-0.05, 0) is 38.6 Å². The van der Waals surface area contributed by atoms with Crippen molar-refractivity contribution in [3.05, 3.63) is 36.0 Å². The van der Waals surface area contributed by atoms with Gasteiger partial charge in [0.15, 0.2) is 0 Å². The number of aryl methyl sites for hydroxylation is 2. The third-order valence-corrected chi connectivity index (χ3v) is 2.81. The Kier molecular flexibility index (Phi) is 3.07. The Morgan fingerprint density at radius 3 is 2.87 bits per heavy atom. The number of aromatic nitrogens is 1. The molecule has 2 rings (SSSR count). The van der Waals surface area contributed by atoms with Crippen LogP contribution in [0.4, 0.5) is 0 Å². The number of nitrogens with one attached hydrogen (secondary N) is 1. The molecule has 0 aliphatic heterocycles. The van der Waals surface area contributed by atoms with Crippen LogP contribution in [0.15, 0.2) is 30.5 Å². The summed E-state index contributed by atoms with van der Waals surface area (Å²) in [6.07, 6.45) is 3.43. The summed E-state index contributed by atoms with van der Waals surface area (Å²) >= 11 is 0. The summed E-state index contributed by atoms with van der Waals surface area (Å²) in [6.45, 7) is 4.34. The van der Waals surface area contributed by atoms with Crippen LogP contribution < -0.4 is 5.32 Å². The van der Waals surface area contributed by atoms with Crippen LogP contribution in [-0.2, 0) is 6.54 Å². The highest BCUT2D eigenvalue weighted by Gasteiger charge is 2.03. The molecule has 0 atom stereocenters. The van der Waals surface area contributed by atoms with E-state index in [4.69, 9.17) is 0 Å². The molecule has 2 heteroatoms. The van der Waals surface area contributed by atoms with Crippen LogP contribution in [-0.4, -0.2) is 18.2 Å². The molecule has 0 unspecified atom stereocenters. The Labute approximate surface area is 90.9 Å². The molecule has 0 saturated carbocycles. The second kappa shape index (κ2) is 4.49. The van der Waals surface area contributed by atoms with E-state index in [1.807, 2.05) is 7.05 Å². The lowest BCUT2D eigenvalue weighted by Gasteiger charge is -2.04. The normalized spacial score (nSPS) is 11.1. The molecule has 1 N–H and O–H groups in total. The predicted octanol–water partition coefficient (Wildman–Crippen LogP) is 2.56. The smallest absolute Gasteiger partial charge is 0.0483 e. The topological polar surface area (TPSA) is 17.0 Å². The molecular formula is C13H18N2. The van der Waals surface area contributed by atoms with Gasteiger partial charge in [-0.1, -0.05) is 18.2 Å². The molecule has 1 heterocycles. The van der Waals surface area contributed by atoms with E-state index < -0.39 is 0 Å². The number of para-hydroxylation sites is 1. The summed E-state index contributed by atoms with van der Waals surface area (Å²) < 4.78 is 2.35. The van der Waals surface area contributed by atoms with Gasteiger partial charge in [0, 0.05) is 23.6 Å². The highest BCUT2D eigenvalue weighted by molar-refractivity contribution is 5.83. The van der Waals surface area contributed by atoms with Crippen molar-refractivity contribution in [2.75, 3.05) is 13.6 Å². The number of rotatable bonds is 4. The van der Waals surface area contributed by atoms with Crippen LogP contribution in [0, 0.1) is 6.92 Å². The van der Waals surface area contributed by atoms with Crippen LogP contribution in [0.1, 0.15) is 12.0 Å². The van der Waals surface area contributed by atoms with Crippen LogP contribution in [0.3, 0.4) is 0 Å². The first kappa shape index (κ1) is 10.2.